The van der Waals surface area contributed by atoms with E-state index in [0.717, 1.165) is 23.1 Å². The fourth-order valence-electron chi connectivity index (χ4n) is 3.62. The van der Waals surface area contributed by atoms with Crippen LogP contribution in [0.3, 0.4) is 0 Å². The Kier molecular flexibility index (Phi) is 6.22. The molecule has 4 rings (SSSR count). The Morgan fingerprint density at radius 2 is 1.68 bits per heavy atom. The van der Waals surface area contributed by atoms with Gasteiger partial charge in [-0.2, -0.15) is 0 Å². The summed E-state index contributed by atoms with van der Waals surface area (Å²) in [5.41, 5.74) is 5.30. The molecule has 0 aliphatic carbocycles. The van der Waals surface area contributed by atoms with E-state index in [1.54, 1.807) is 0 Å². The Bertz CT molecular complexity index is 1110. The molecule has 0 saturated carbocycles. The van der Waals surface area contributed by atoms with Crippen molar-refractivity contribution in [3.8, 4) is 0 Å². The van der Waals surface area contributed by atoms with Gasteiger partial charge in [0.25, 0.3) is 0 Å². The van der Waals surface area contributed by atoms with E-state index in [9.17, 15) is 9.59 Å². The van der Waals surface area contributed by atoms with E-state index < -0.39 is 0 Å². The number of carbonyl (C=O) groups is 2. The molecule has 0 unspecified atom stereocenters. The Morgan fingerprint density at radius 3 is 2.45 bits per heavy atom. The van der Waals surface area contributed by atoms with Crippen molar-refractivity contribution in [2.24, 2.45) is 4.99 Å². The zero-order valence-electron chi connectivity index (χ0n) is 17.5. The molecule has 0 spiro atoms. The lowest BCUT2D eigenvalue weighted by molar-refractivity contribution is -0.123. The van der Waals surface area contributed by atoms with Crippen molar-refractivity contribution in [2.45, 2.75) is 19.8 Å². The fraction of sp³-hybridized carbons (Fsp3) is 0.192. The van der Waals surface area contributed by atoms with Gasteiger partial charge in [-0.1, -0.05) is 72.3 Å². The average Bonchev–Trinajstić information content (AvgIpc) is 2.92. The summed E-state index contributed by atoms with van der Waals surface area (Å²) in [6, 6.07) is 25.5. The van der Waals surface area contributed by atoms with E-state index in [2.05, 4.69) is 5.32 Å². The number of anilines is 1. The van der Waals surface area contributed by atoms with Crippen LogP contribution >= 0.6 is 0 Å². The Hall–Kier alpha value is -3.73. The molecule has 1 heterocycles. The van der Waals surface area contributed by atoms with E-state index in [1.807, 2.05) is 85.8 Å². The molecule has 31 heavy (non-hydrogen) atoms. The molecule has 1 aliphatic heterocycles. The second kappa shape index (κ2) is 9.39. The van der Waals surface area contributed by atoms with Crippen molar-refractivity contribution in [2.75, 3.05) is 18.0 Å². The first-order valence-corrected chi connectivity index (χ1v) is 10.4. The predicted molar refractivity (Wildman–Crippen MR) is 124 cm³/mol. The Morgan fingerprint density at radius 1 is 0.968 bits per heavy atom. The van der Waals surface area contributed by atoms with Gasteiger partial charge >= 0.3 is 0 Å². The van der Waals surface area contributed by atoms with Gasteiger partial charge in [0.1, 0.15) is 6.54 Å². The molecule has 0 atom stereocenters. The summed E-state index contributed by atoms with van der Waals surface area (Å²) in [6.07, 6.45) is 0.896. The smallest absolute Gasteiger partial charge is 0.240 e. The molecule has 0 saturated heterocycles. The summed E-state index contributed by atoms with van der Waals surface area (Å²) in [7, 11) is 0. The van der Waals surface area contributed by atoms with Crippen LogP contribution in [0.4, 0.5) is 11.4 Å². The van der Waals surface area contributed by atoms with Crippen molar-refractivity contribution >= 4 is 28.9 Å². The van der Waals surface area contributed by atoms with E-state index >= 15 is 0 Å². The number of amides is 2. The molecule has 156 valence electrons. The standard InChI is InChI=1S/C26H25N3O2/c1-19-11-13-21(14-12-19)23-17-26(31)29(24-10-6-5-9-22(24)28-23)18-25(30)27-16-15-20-7-3-2-4-8-20/h2-14H,15-18H2,1H3,(H,27,30). The maximum atomic E-state index is 13.1. The molecular weight excluding hydrogens is 386 g/mol. The summed E-state index contributed by atoms with van der Waals surface area (Å²) >= 11 is 0. The SMILES string of the molecule is Cc1ccc(C2=Nc3ccccc3N(CC(=O)NCCc3ccccc3)C(=O)C2)cc1. The Labute approximate surface area is 182 Å². The zero-order valence-corrected chi connectivity index (χ0v) is 17.5. The van der Waals surface area contributed by atoms with Gasteiger partial charge in [0.2, 0.25) is 11.8 Å². The van der Waals surface area contributed by atoms with Crippen molar-refractivity contribution in [3.05, 3.63) is 95.6 Å². The summed E-state index contributed by atoms with van der Waals surface area (Å²) in [5.74, 6) is -0.319. The molecule has 3 aromatic carbocycles. The monoisotopic (exact) mass is 411 g/mol. The van der Waals surface area contributed by atoms with Gasteiger partial charge in [0.15, 0.2) is 0 Å². The van der Waals surface area contributed by atoms with Crippen LogP contribution in [-0.4, -0.2) is 30.6 Å². The van der Waals surface area contributed by atoms with E-state index in [0.29, 0.717) is 23.6 Å². The number of nitrogens with zero attached hydrogens (tertiary/aromatic N) is 2. The number of aliphatic imine (C=N–C) groups is 1. The lowest BCUT2D eigenvalue weighted by Gasteiger charge is -2.22. The number of rotatable bonds is 6. The summed E-state index contributed by atoms with van der Waals surface area (Å²) in [4.78, 5) is 32.1. The molecule has 1 aliphatic rings. The minimum Gasteiger partial charge on any atom is -0.354 e. The van der Waals surface area contributed by atoms with Gasteiger partial charge in [-0.05, 0) is 36.6 Å². The van der Waals surface area contributed by atoms with Crippen LogP contribution in [0.1, 0.15) is 23.1 Å². The van der Waals surface area contributed by atoms with Gasteiger partial charge in [-0.25, -0.2) is 0 Å². The second-order valence-electron chi connectivity index (χ2n) is 7.66. The van der Waals surface area contributed by atoms with Gasteiger partial charge in [-0.15, -0.1) is 0 Å². The number of hydrogen-bond donors (Lipinski definition) is 1. The number of benzene rings is 3. The molecule has 2 amide bonds. The largest absolute Gasteiger partial charge is 0.354 e. The van der Waals surface area contributed by atoms with E-state index in [-0.39, 0.29) is 24.8 Å². The highest BCUT2D eigenvalue weighted by Crippen LogP contribution is 2.32. The number of nitrogens with one attached hydrogen (secondary N) is 1. The molecule has 1 N–H and O–H groups in total. The van der Waals surface area contributed by atoms with Gasteiger partial charge in [0, 0.05) is 6.54 Å². The number of hydrogen-bond acceptors (Lipinski definition) is 3. The number of aryl methyl sites for hydroxylation is 1. The molecule has 0 fully saturated rings. The van der Waals surface area contributed by atoms with E-state index in [1.165, 1.54) is 4.90 Å². The lowest BCUT2D eigenvalue weighted by Crippen LogP contribution is -2.41. The van der Waals surface area contributed by atoms with Crippen LogP contribution < -0.4 is 10.2 Å². The molecule has 3 aromatic rings. The summed E-state index contributed by atoms with van der Waals surface area (Å²) in [6.45, 7) is 2.52. The quantitative estimate of drug-likeness (QED) is 0.660. The topological polar surface area (TPSA) is 61.8 Å². The molecule has 5 nitrogen and oxygen atoms in total. The highest BCUT2D eigenvalue weighted by molar-refractivity contribution is 6.18. The van der Waals surface area contributed by atoms with Gasteiger partial charge < -0.3 is 10.2 Å². The van der Waals surface area contributed by atoms with Crippen LogP contribution in [-0.2, 0) is 16.0 Å². The van der Waals surface area contributed by atoms with Crippen LogP contribution in [0.5, 0.6) is 0 Å². The first-order valence-electron chi connectivity index (χ1n) is 10.4. The summed E-state index contributed by atoms with van der Waals surface area (Å²) < 4.78 is 0. The Balaban J connectivity index is 1.48. The molecule has 5 heteroatoms. The average molecular weight is 412 g/mol. The predicted octanol–water partition coefficient (Wildman–Crippen LogP) is 4.21. The number of fused-ring (bicyclic) bond motifs is 1. The normalized spacial score (nSPS) is 13.3. The third kappa shape index (κ3) is 5.07. The van der Waals surface area contributed by atoms with Gasteiger partial charge in [-0.3, -0.25) is 14.6 Å². The highest BCUT2D eigenvalue weighted by atomic mass is 16.2. The van der Waals surface area contributed by atoms with Crippen molar-refractivity contribution in [1.82, 2.24) is 5.32 Å². The van der Waals surface area contributed by atoms with Crippen LogP contribution in [0, 0.1) is 6.92 Å². The minimum atomic E-state index is -0.183. The molecule has 0 bridgehead atoms. The first-order chi connectivity index (χ1) is 15.1. The van der Waals surface area contributed by atoms with Crippen LogP contribution in [0.25, 0.3) is 0 Å². The van der Waals surface area contributed by atoms with Crippen molar-refractivity contribution in [3.63, 3.8) is 0 Å². The third-order valence-electron chi connectivity index (χ3n) is 5.31. The summed E-state index contributed by atoms with van der Waals surface area (Å²) in [5, 5.41) is 2.93. The molecule has 0 radical (unpaired) electrons. The first kappa shape index (κ1) is 20.5. The number of carbonyl (C=O) groups excluding carboxylic acids is 2. The lowest BCUT2D eigenvalue weighted by atomic mass is 10.1. The van der Waals surface area contributed by atoms with Crippen LogP contribution in [0.2, 0.25) is 0 Å². The van der Waals surface area contributed by atoms with Crippen molar-refractivity contribution < 1.29 is 9.59 Å². The molecular formula is C26H25N3O2. The highest BCUT2D eigenvalue weighted by Gasteiger charge is 2.26. The zero-order chi connectivity index (χ0) is 21.6. The van der Waals surface area contributed by atoms with Crippen molar-refractivity contribution in [1.29, 1.82) is 0 Å². The van der Waals surface area contributed by atoms with E-state index in [4.69, 9.17) is 4.99 Å². The fourth-order valence-corrected chi connectivity index (χ4v) is 3.62. The minimum absolute atomic E-state index is 0.0265. The molecule has 0 aromatic heterocycles. The number of para-hydroxylation sites is 2. The maximum Gasteiger partial charge on any atom is 0.240 e. The second-order valence-corrected chi connectivity index (χ2v) is 7.66. The van der Waals surface area contributed by atoms with Gasteiger partial charge in [0.05, 0.1) is 23.5 Å². The maximum absolute atomic E-state index is 13.1. The third-order valence-corrected chi connectivity index (χ3v) is 5.31. The van der Waals surface area contributed by atoms with Crippen LogP contribution in [0.15, 0.2) is 83.9 Å².